The van der Waals surface area contributed by atoms with Crippen LogP contribution in [0.3, 0.4) is 0 Å². The van der Waals surface area contributed by atoms with Gasteiger partial charge in [0.25, 0.3) is 5.91 Å². The number of imidazole rings is 1. The molecule has 0 atom stereocenters. The van der Waals surface area contributed by atoms with Crippen molar-refractivity contribution in [2.45, 2.75) is 77.8 Å². The van der Waals surface area contributed by atoms with Crippen LogP contribution >= 0.6 is 12.4 Å². The highest BCUT2D eigenvalue weighted by atomic mass is 35.5. The number of nitrogen functional groups attached to an aromatic ring is 1. The van der Waals surface area contributed by atoms with Crippen molar-refractivity contribution in [3.63, 3.8) is 0 Å². The highest BCUT2D eigenvalue weighted by Gasteiger charge is 2.10. The third-order valence-electron chi connectivity index (χ3n) is 8.23. The van der Waals surface area contributed by atoms with Crippen LogP contribution in [0, 0.1) is 0 Å². The molecule has 0 saturated carbocycles. The molecule has 2 aromatic heterocycles. The van der Waals surface area contributed by atoms with Crippen LogP contribution in [0.15, 0.2) is 91.3 Å². The molecule has 0 radical (unpaired) electrons. The van der Waals surface area contributed by atoms with Crippen molar-refractivity contribution >= 4 is 24.3 Å². The van der Waals surface area contributed by atoms with Crippen molar-refractivity contribution in [1.82, 2.24) is 29.9 Å². The van der Waals surface area contributed by atoms with Crippen LogP contribution in [-0.2, 0) is 32.4 Å². The number of rotatable bonds is 17. The Labute approximate surface area is 278 Å². The Morgan fingerprint density at radius 3 is 2.26 bits per heavy atom. The minimum absolute atomic E-state index is 0. The number of unbranched alkanes of at least 4 members (excludes halogenated alkanes) is 4. The number of aromatic nitrogens is 5. The zero-order valence-corrected chi connectivity index (χ0v) is 27.6. The van der Waals surface area contributed by atoms with Crippen molar-refractivity contribution in [3.8, 4) is 11.1 Å². The molecule has 242 valence electrons. The third kappa shape index (κ3) is 10.0. The smallest absolute Gasteiger partial charge is 0.251 e. The zero-order valence-electron chi connectivity index (χ0n) is 26.8. The van der Waals surface area contributed by atoms with E-state index in [9.17, 15) is 4.79 Å². The van der Waals surface area contributed by atoms with Gasteiger partial charge in [-0.05, 0) is 72.9 Å². The van der Waals surface area contributed by atoms with Gasteiger partial charge >= 0.3 is 0 Å². The number of nitrogens with two attached hydrogens (primary N) is 1. The van der Waals surface area contributed by atoms with E-state index in [0.717, 1.165) is 49.9 Å². The van der Waals surface area contributed by atoms with Crippen LogP contribution in [0.4, 0.5) is 5.95 Å². The van der Waals surface area contributed by atoms with E-state index in [2.05, 4.69) is 92.8 Å². The fourth-order valence-corrected chi connectivity index (χ4v) is 5.56. The topological polar surface area (TPSA) is 104 Å². The second kappa shape index (κ2) is 17.9. The van der Waals surface area contributed by atoms with Gasteiger partial charge in [-0.15, -0.1) is 17.5 Å². The van der Waals surface area contributed by atoms with E-state index in [1.165, 1.54) is 41.5 Å². The van der Waals surface area contributed by atoms with Gasteiger partial charge < -0.3 is 15.6 Å². The van der Waals surface area contributed by atoms with Gasteiger partial charge in [0.2, 0.25) is 5.95 Å². The van der Waals surface area contributed by atoms with Crippen LogP contribution < -0.4 is 11.1 Å². The molecule has 3 N–H and O–H groups in total. The predicted molar refractivity (Wildman–Crippen MR) is 188 cm³/mol. The molecule has 0 unspecified atom stereocenters. The summed E-state index contributed by atoms with van der Waals surface area (Å²) in [5, 5.41) is 11.6. The first kappa shape index (κ1) is 34.4. The second-order valence-corrected chi connectivity index (χ2v) is 11.7. The number of hydrogen-bond acceptors (Lipinski definition) is 5. The molecule has 46 heavy (non-hydrogen) atoms. The largest absolute Gasteiger partial charge is 0.369 e. The first-order valence-electron chi connectivity index (χ1n) is 16.3. The molecule has 0 aliphatic carbocycles. The van der Waals surface area contributed by atoms with Crippen LogP contribution in [0.25, 0.3) is 11.1 Å². The summed E-state index contributed by atoms with van der Waals surface area (Å²) in [5.74, 6) is 0.500. The van der Waals surface area contributed by atoms with E-state index in [-0.39, 0.29) is 18.3 Å². The summed E-state index contributed by atoms with van der Waals surface area (Å²) >= 11 is 0. The molecule has 9 heteroatoms. The molecule has 0 fully saturated rings. The summed E-state index contributed by atoms with van der Waals surface area (Å²) in [6.45, 7) is 4.02. The number of carbonyl (C=O) groups excluding carboxylic acids is 1. The van der Waals surface area contributed by atoms with Gasteiger partial charge in [0.15, 0.2) is 0 Å². The molecule has 0 bridgehead atoms. The molecular formula is C37H46ClN7O. The maximum atomic E-state index is 12.5. The van der Waals surface area contributed by atoms with Gasteiger partial charge in [-0.3, -0.25) is 9.48 Å². The Hall–Kier alpha value is -4.43. The minimum Gasteiger partial charge on any atom is -0.369 e. The van der Waals surface area contributed by atoms with Gasteiger partial charge in [0.05, 0.1) is 25.0 Å². The number of carbonyl (C=O) groups is 1. The molecule has 0 saturated heterocycles. The maximum Gasteiger partial charge on any atom is 0.251 e. The molecular weight excluding hydrogens is 594 g/mol. The highest BCUT2D eigenvalue weighted by Crippen LogP contribution is 2.21. The summed E-state index contributed by atoms with van der Waals surface area (Å²) < 4.78 is 3.92. The highest BCUT2D eigenvalue weighted by molar-refractivity contribution is 5.94. The number of aryl methyl sites for hydroxylation is 3. The summed E-state index contributed by atoms with van der Waals surface area (Å²) in [4.78, 5) is 16.9. The average Bonchev–Trinajstić information content (AvgIpc) is 3.67. The van der Waals surface area contributed by atoms with Crippen LogP contribution in [-0.4, -0.2) is 37.0 Å². The SMILES string of the molecule is CCCCCc1ccc(C(=O)NCCn2cc(CCCCCc3cnc(N)n3Cc3ccc(-c4ccccc4)cc3)nn2)cc1.Cl. The van der Waals surface area contributed by atoms with Crippen molar-refractivity contribution in [2.24, 2.45) is 0 Å². The van der Waals surface area contributed by atoms with E-state index < -0.39 is 0 Å². The summed E-state index contributed by atoms with van der Waals surface area (Å²) in [7, 11) is 0. The van der Waals surface area contributed by atoms with Gasteiger partial charge in [-0.2, -0.15) is 0 Å². The van der Waals surface area contributed by atoms with Crippen molar-refractivity contribution < 1.29 is 4.79 Å². The van der Waals surface area contributed by atoms with Crippen molar-refractivity contribution in [3.05, 3.63) is 119 Å². The summed E-state index contributed by atoms with van der Waals surface area (Å²) in [5.41, 5.74) is 14.0. The van der Waals surface area contributed by atoms with E-state index >= 15 is 0 Å². The van der Waals surface area contributed by atoms with Crippen LogP contribution in [0.1, 0.15) is 78.3 Å². The number of amides is 1. The number of benzene rings is 3. The molecule has 0 aliphatic heterocycles. The molecule has 5 rings (SSSR count). The quantitative estimate of drug-likeness (QED) is 0.104. The number of nitrogens with one attached hydrogen (secondary N) is 1. The van der Waals surface area contributed by atoms with Crippen LogP contribution in [0.2, 0.25) is 0 Å². The van der Waals surface area contributed by atoms with Gasteiger partial charge in [-0.25, -0.2) is 4.98 Å². The molecule has 2 heterocycles. The number of nitrogens with zero attached hydrogens (tertiary/aromatic N) is 5. The lowest BCUT2D eigenvalue weighted by Crippen LogP contribution is -2.27. The lowest BCUT2D eigenvalue weighted by atomic mass is 10.0. The van der Waals surface area contributed by atoms with Crippen molar-refractivity contribution in [2.75, 3.05) is 12.3 Å². The maximum absolute atomic E-state index is 12.5. The number of anilines is 1. The van der Waals surface area contributed by atoms with Gasteiger partial charge in [0.1, 0.15) is 0 Å². The zero-order chi connectivity index (χ0) is 31.3. The standard InChI is InChI=1S/C37H45N7O.ClH/c1-2-3-6-11-29-16-22-33(23-17-29)36(45)39-24-25-43-28-34(41-42-43)14-9-5-10-15-35-26-40-37(38)44(35)27-30-18-20-32(21-19-30)31-12-7-4-8-13-31;/h4,7-8,12-13,16-23,26,28H,2-3,5-6,9-11,14-15,24-25,27H2,1H3,(H2,38,40)(H,39,45);1H. The fraction of sp³-hybridized carbons (Fsp3) is 0.351. The van der Waals surface area contributed by atoms with E-state index in [0.29, 0.717) is 31.1 Å². The second-order valence-electron chi connectivity index (χ2n) is 11.7. The Morgan fingerprint density at radius 1 is 0.804 bits per heavy atom. The lowest BCUT2D eigenvalue weighted by molar-refractivity contribution is 0.0952. The van der Waals surface area contributed by atoms with Gasteiger partial charge in [-0.1, -0.05) is 98.1 Å². The number of hydrogen-bond donors (Lipinski definition) is 2. The predicted octanol–water partition coefficient (Wildman–Crippen LogP) is 7.31. The molecule has 1 amide bonds. The molecule has 3 aromatic carbocycles. The van der Waals surface area contributed by atoms with Crippen molar-refractivity contribution in [1.29, 1.82) is 0 Å². The molecule has 8 nitrogen and oxygen atoms in total. The first-order valence-corrected chi connectivity index (χ1v) is 16.3. The minimum atomic E-state index is -0.0560. The molecule has 0 aliphatic rings. The molecule has 5 aromatic rings. The van der Waals surface area contributed by atoms with E-state index in [1.54, 1.807) is 4.68 Å². The Balaban J connectivity index is 0.00000480. The molecule has 0 spiro atoms. The third-order valence-corrected chi connectivity index (χ3v) is 8.23. The van der Waals surface area contributed by atoms with Gasteiger partial charge in [0, 0.05) is 24.0 Å². The Bertz CT molecular complexity index is 1610. The fourth-order valence-electron chi connectivity index (χ4n) is 5.56. The van der Waals surface area contributed by atoms with E-state index in [4.69, 9.17) is 5.73 Å². The average molecular weight is 640 g/mol. The first-order chi connectivity index (χ1) is 22.1. The Kier molecular flexibility index (Phi) is 13.4. The monoisotopic (exact) mass is 639 g/mol. The number of halogens is 1. The summed E-state index contributed by atoms with van der Waals surface area (Å²) in [6, 6.07) is 27.0. The van der Waals surface area contributed by atoms with Crippen LogP contribution in [0.5, 0.6) is 0 Å². The summed E-state index contributed by atoms with van der Waals surface area (Å²) in [6.07, 6.45) is 13.6. The Morgan fingerprint density at radius 2 is 1.50 bits per heavy atom. The van der Waals surface area contributed by atoms with E-state index in [1.807, 2.05) is 30.6 Å². The lowest BCUT2D eigenvalue weighted by Gasteiger charge is -2.11. The normalized spacial score (nSPS) is 10.9.